The molecular formula is C18H29N2O8P. The molecule has 10 nitrogen and oxygen atoms in total. The summed E-state index contributed by atoms with van der Waals surface area (Å²) in [6.07, 6.45) is 7.93. The molecule has 11 heteroatoms. The number of H-pyrrole nitrogens is 1. The van der Waals surface area contributed by atoms with Crippen LogP contribution in [0.1, 0.15) is 50.5 Å². The second kappa shape index (κ2) is 10.3. The van der Waals surface area contributed by atoms with Gasteiger partial charge in [0.1, 0.15) is 0 Å². The quantitative estimate of drug-likeness (QED) is 0.471. The number of carbonyl (C=O) groups is 1. The zero-order chi connectivity index (χ0) is 21.6. The van der Waals surface area contributed by atoms with Crippen LogP contribution in [0, 0.1) is 18.8 Å². The first kappa shape index (κ1) is 23.5. The number of hydrogen-bond acceptors (Lipinski definition) is 5. The maximum atomic E-state index is 12.2. The monoisotopic (exact) mass is 432 g/mol. The predicted octanol–water partition coefficient (Wildman–Crippen LogP) is 1.43. The first-order valence-electron chi connectivity index (χ1n) is 9.79. The Hall–Kier alpha value is -1.74. The molecule has 1 aliphatic rings. The molecule has 3 unspecified atom stereocenters. The van der Waals surface area contributed by atoms with Crippen LogP contribution >= 0.6 is 7.60 Å². The molecule has 0 aliphatic heterocycles. The number of aryl methyl sites for hydroxylation is 1. The molecule has 1 fully saturated rings. The maximum absolute atomic E-state index is 12.2. The first-order valence-corrected chi connectivity index (χ1v) is 11.5. The Morgan fingerprint density at radius 2 is 1.79 bits per heavy atom. The van der Waals surface area contributed by atoms with E-state index in [4.69, 9.17) is 9.84 Å². The van der Waals surface area contributed by atoms with Gasteiger partial charge in [-0.15, -0.1) is 0 Å². The van der Waals surface area contributed by atoms with Crippen LogP contribution in [0.3, 0.4) is 0 Å². The summed E-state index contributed by atoms with van der Waals surface area (Å²) in [6, 6.07) is 0. The Bertz CT molecular complexity index is 858. The van der Waals surface area contributed by atoms with E-state index in [0.717, 1.165) is 38.5 Å². The van der Waals surface area contributed by atoms with Crippen LogP contribution in [0.15, 0.2) is 15.8 Å². The van der Waals surface area contributed by atoms with Gasteiger partial charge in [-0.25, -0.2) is 9.59 Å². The van der Waals surface area contributed by atoms with Gasteiger partial charge in [0.05, 0.1) is 6.61 Å². The highest BCUT2D eigenvalue weighted by Crippen LogP contribution is 2.42. The summed E-state index contributed by atoms with van der Waals surface area (Å²) < 4.78 is 18.0. The van der Waals surface area contributed by atoms with E-state index in [1.165, 1.54) is 10.8 Å². The van der Waals surface area contributed by atoms with Gasteiger partial charge in [-0.2, -0.15) is 0 Å². The largest absolute Gasteiger partial charge is 0.479 e. The van der Waals surface area contributed by atoms with Crippen molar-refractivity contribution in [2.45, 2.75) is 64.3 Å². The van der Waals surface area contributed by atoms with Crippen LogP contribution in [0.4, 0.5) is 0 Å². The number of hydrogen-bond donors (Lipinski definition) is 4. The van der Waals surface area contributed by atoms with Gasteiger partial charge in [-0.05, 0) is 31.6 Å². The summed E-state index contributed by atoms with van der Waals surface area (Å²) in [7, 11) is -4.95. The van der Waals surface area contributed by atoms with Crippen LogP contribution < -0.4 is 11.2 Å². The number of aliphatic carboxylic acids is 1. The Morgan fingerprint density at radius 3 is 2.38 bits per heavy atom. The molecule has 0 aromatic carbocycles. The van der Waals surface area contributed by atoms with Crippen LogP contribution in [-0.2, 0) is 20.6 Å². The van der Waals surface area contributed by atoms with E-state index >= 15 is 0 Å². The van der Waals surface area contributed by atoms with Crippen molar-refractivity contribution in [1.29, 1.82) is 0 Å². The van der Waals surface area contributed by atoms with Crippen LogP contribution in [0.25, 0.3) is 0 Å². The number of aromatic nitrogens is 2. The number of rotatable bonds is 7. The Morgan fingerprint density at radius 1 is 1.21 bits per heavy atom. The minimum absolute atomic E-state index is 0.0534. The summed E-state index contributed by atoms with van der Waals surface area (Å²) in [4.78, 5) is 55.7. The second-order valence-electron chi connectivity index (χ2n) is 7.70. The molecule has 164 valence electrons. The summed E-state index contributed by atoms with van der Waals surface area (Å²) in [5.74, 6) is -4.12. The molecule has 0 spiro atoms. The van der Waals surface area contributed by atoms with Crippen LogP contribution in [-0.4, -0.2) is 42.9 Å². The van der Waals surface area contributed by atoms with Crippen LogP contribution in [0.2, 0.25) is 0 Å². The van der Waals surface area contributed by atoms with Crippen molar-refractivity contribution >= 4 is 13.6 Å². The smallest absolute Gasteiger partial charge is 0.365 e. The highest BCUT2D eigenvalue weighted by Gasteiger charge is 2.38. The number of nitrogens with one attached hydrogen (secondary N) is 1. The van der Waals surface area contributed by atoms with Crippen molar-refractivity contribution < 1.29 is 29.0 Å². The van der Waals surface area contributed by atoms with Crippen molar-refractivity contribution in [2.24, 2.45) is 11.8 Å². The fraction of sp³-hybridized carbons (Fsp3) is 0.722. The molecular weight excluding hydrogens is 403 g/mol. The molecule has 29 heavy (non-hydrogen) atoms. The second-order valence-corrected chi connectivity index (χ2v) is 9.35. The molecule has 1 aliphatic carbocycles. The summed E-state index contributed by atoms with van der Waals surface area (Å²) in [5.41, 5.74) is -0.543. The highest BCUT2D eigenvalue weighted by atomic mass is 31.2. The molecule has 1 saturated carbocycles. The highest BCUT2D eigenvalue weighted by molar-refractivity contribution is 7.53. The minimum atomic E-state index is -4.95. The summed E-state index contributed by atoms with van der Waals surface area (Å²) in [6.45, 7) is 1.80. The molecule has 0 amide bonds. The van der Waals surface area contributed by atoms with Gasteiger partial charge < -0.3 is 24.2 Å². The lowest BCUT2D eigenvalue weighted by Crippen LogP contribution is -2.35. The third-order valence-corrected chi connectivity index (χ3v) is 6.40. The normalized spacial score (nSPS) is 22.3. The van der Waals surface area contributed by atoms with E-state index in [0.29, 0.717) is 18.5 Å². The maximum Gasteiger partial charge on any atom is 0.365 e. The average molecular weight is 432 g/mol. The standard InChI is InChI=1S/C18H29N2O8P/c1-12-9-20(18(24)19-15(12)21)10-13-7-5-3-2-4-6-8-14(13)11-28-17(16(22)23)29(25,26)27/h9,13-14,17H,2-8,10-11H2,1H3,(H,22,23)(H,19,21,24)(H2,25,26,27). The summed E-state index contributed by atoms with van der Waals surface area (Å²) >= 11 is 0. The molecule has 3 atom stereocenters. The van der Waals surface area contributed by atoms with Gasteiger partial charge in [-0.3, -0.25) is 14.3 Å². The van der Waals surface area contributed by atoms with Crippen molar-refractivity contribution in [3.8, 4) is 0 Å². The minimum Gasteiger partial charge on any atom is -0.479 e. The van der Waals surface area contributed by atoms with E-state index in [2.05, 4.69) is 4.98 Å². The van der Waals surface area contributed by atoms with Crippen LogP contribution in [0.5, 0.6) is 0 Å². The lowest BCUT2D eigenvalue weighted by molar-refractivity contribution is -0.146. The topological polar surface area (TPSA) is 159 Å². The van der Waals surface area contributed by atoms with E-state index < -0.39 is 30.7 Å². The molecule has 0 radical (unpaired) electrons. The predicted molar refractivity (Wildman–Crippen MR) is 105 cm³/mol. The number of nitrogens with zero attached hydrogens (tertiary/aromatic N) is 1. The van der Waals surface area contributed by atoms with Gasteiger partial charge in [0.25, 0.3) is 11.4 Å². The zero-order valence-corrected chi connectivity index (χ0v) is 17.3. The fourth-order valence-corrected chi connectivity index (χ4v) is 4.38. The lowest BCUT2D eigenvalue weighted by Gasteiger charge is -2.28. The molecule has 0 saturated heterocycles. The molecule has 1 heterocycles. The first-order chi connectivity index (χ1) is 13.6. The van der Waals surface area contributed by atoms with Gasteiger partial charge in [0, 0.05) is 18.3 Å². The van der Waals surface area contributed by atoms with E-state index in [1.54, 1.807) is 6.92 Å². The fourth-order valence-electron chi connectivity index (χ4n) is 3.81. The van der Waals surface area contributed by atoms with Gasteiger partial charge >= 0.3 is 19.3 Å². The summed E-state index contributed by atoms with van der Waals surface area (Å²) in [5, 5.41) is 9.08. The molecule has 1 aromatic heterocycles. The molecule has 0 bridgehead atoms. The number of aromatic amines is 1. The third-order valence-electron chi connectivity index (χ3n) is 5.42. The zero-order valence-electron chi connectivity index (χ0n) is 16.5. The average Bonchev–Trinajstić information content (AvgIpc) is 2.71. The Labute approximate surface area is 168 Å². The van der Waals surface area contributed by atoms with Crippen molar-refractivity contribution in [3.05, 3.63) is 32.6 Å². The Balaban J connectivity index is 2.23. The van der Waals surface area contributed by atoms with E-state index in [9.17, 15) is 28.7 Å². The number of carboxylic acids is 1. The van der Waals surface area contributed by atoms with Crippen molar-refractivity contribution in [3.63, 3.8) is 0 Å². The molecule has 4 N–H and O–H groups in total. The van der Waals surface area contributed by atoms with Gasteiger partial charge in [0.2, 0.25) is 0 Å². The van der Waals surface area contributed by atoms with E-state index in [1.807, 2.05) is 0 Å². The van der Waals surface area contributed by atoms with Crippen molar-refractivity contribution in [1.82, 2.24) is 9.55 Å². The number of carboxylic acid groups (broad SMARTS) is 1. The van der Waals surface area contributed by atoms with Gasteiger partial charge in [0.15, 0.2) is 0 Å². The van der Waals surface area contributed by atoms with E-state index in [-0.39, 0.29) is 18.4 Å². The molecule has 2 rings (SSSR count). The lowest BCUT2D eigenvalue weighted by atomic mass is 9.85. The SMILES string of the molecule is Cc1cn(CC2CCCCCCCC2COC(C(=O)O)P(=O)(O)O)c(=O)[nH]c1=O. The third kappa shape index (κ3) is 6.92. The Kier molecular flexibility index (Phi) is 8.39. The van der Waals surface area contributed by atoms with Gasteiger partial charge in [-0.1, -0.05) is 32.1 Å². The van der Waals surface area contributed by atoms with Crippen molar-refractivity contribution in [2.75, 3.05) is 6.61 Å². The molecule has 1 aromatic rings. The number of ether oxygens (including phenoxy) is 1.